The Kier molecular flexibility index (Phi) is 4.45. The van der Waals surface area contributed by atoms with Gasteiger partial charge in [-0.15, -0.1) is 15.3 Å². The molecule has 10 heteroatoms. The van der Waals surface area contributed by atoms with Crippen molar-refractivity contribution in [2.45, 2.75) is 25.6 Å². The molecule has 0 spiro atoms. The predicted octanol–water partition coefficient (Wildman–Crippen LogP) is 0.0119. The zero-order chi connectivity index (χ0) is 14.5. The van der Waals surface area contributed by atoms with E-state index in [0.29, 0.717) is 17.7 Å². The van der Waals surface area contributed by atoms with E-state index in [1.54, 1.807) is 0 Å². The highest BCUT2D eigenvalue weighted by atomic mass is 32.1. The van der Waals surface area contributed by atoms with E-state index < -0.39 is 12.1 Å². The molecule has 0 aliphatic carbocycles. The first-order valence-electron chi connectivity index (χ1n) is 5.70. The van der Waals surface area contributed by atoms with Gasteiger partial charge in [0.15, 0.2) is 6.29 Å². The fourth-order valence-electron chi connectivity index (χ4n) is 1.49. The molecule has 0 radical (unpaired) electrons. The largest absolute Gasteiger partial charge is 0.363 e. The van der Waals surface area contributed by atoms with E-state index in [2.05, 4.69) is 20.5 Å². The number of hydrogen-bond donors (Lipinski definition) is 1. The number of aromatic nitrogens is 5. The molecule has 1 unspecified atom stereocenters. The normalized spacial score (nSPS) is 12.2. The second-order valence-corrected chi connectivity index (χ2v) is 5.05. The highest BCUT2D eigenvalue weighted by molar-refractivity contribution is 7.13. The summed E-state index contributed by atoms with van der Waals surface area (Å²) in [5, 5.41) is 15.2. The van der Waals surface area contributed by atoms with Gasteiger partial charge >= 0.3 is 0 Å². The van der Waals surface area contributed by atoms with Gasteiger partial charge in [-0.2, -0.15) is 0 Å². The lowest BCUT2D eigenvalue weighted by Gasteiger charge is -2.05. The van der Waals surface area contributed by atoms with Crippen molar-refractivity contribution in [2.75, 3.05) is 0 Å². The van der Waals surface area contributed by atoms with E-state index in [-0.39, 0.29) is 23.7 Å². The highest BCUT2D eigenvalue weighted by Crippen LogP contribution is 2.13. The van der Waals surface area contributed by atoms with Crippen molar-refractivity contribution in [1.82, 2.24) is 25.2 Å². The van der Waals surface area contributed by atoms with E-state index in [4.69, 9.17) is 5.73 Å². The topological polar surface area (TPSA) is 117 Å². The van der Waals surface area contributed by atoms with Gasteiger partial charge in [-0.3, -0.25) is 9.59 Å². The van der Waals surface area contributed by atoms with Gasteiger partial charge in [0.25, 0.3) is 5.91 Å². The maximum atomic E-state index is 13.7. The predicted molar refractivity (Wildman–Crippen MR) is 67.1 cm³/mol. The number of carbonyl (C=O) groups is 2. The third-order valence-corrected chi connectivity index (χ3v) is 3.41. The lowest BCUT2D eigenvalue weighted by molar-refractivity contribution is 0.0998. The molecule has 20 heavy (non-hydrogen) atoms. The van der Waals surface area contributed by atoms with Crippen LogP contribution in [0, 0.1) is 0 Å². The Labute approximate surface area is 116 Å². The van der Waals surface area contributed by atoms with E-state index in [9.17, 15) is 14.0 Å². The van der Waals surface area contributed by atoms with Crippen molar-refractivity contribution in [3.05, 3.63) is 21.9 Å². The van der Waals surface area contributed by atoms with Crippen LogP contribution < -0.4 is 5.73 Å². The maximum Gasteiger partial charge on any atom is 0.279 e. The molecule has 2 rings (SSSR count). The van der Waals surface area contributed by atoms with Crippen LogP contribution in [0.1, 0.15) is 31.7 Å². The summed E-state index contributed by atoms with van der Waals surface area (Å²) in [5.41, 5.74) is 5.21. The second kappa shape index (κ2) is 6.28. The molecule has 0 aliphatic rings. The third-order valence-electron chi connectivity index (χ3n) is 2.41. The Bertz CT molecular complexity index is 612. The molecule has 8 nitrogen and oxygen atoms in total. The molecular weight excluding hydrogens is 287 g/mol. The van der Waals surface area contributed by atoms with Crippen LogP contribution in [0.3, 0.4) is 0 Å². The van der Waals surface area contributed by atoms with Crippen LogP contribution in [0.15, 0.2) is 6.20 Å². The van der Waals surface area contributed by atoms with E-state index in [1.807, 2.05) is 0 Å². The number of amides is 1. The first kappa shape index (κ1) is 14.2. The molecule has 1 amide bonds. The molecule has 1 atom stereocenters. The van der Waals surface area contributed by atoms with Crippen molar-refractivity contribution < 1.29 is 14.0 Å². The monoisotopic (exact) mass is 298 g/mol. The molecule has 106 valence electrons. The van der Waals surface area contributed by atoms with Gasteiger partial charge in [0.2, 0.25) is 5.01 Å². The number of nitrogens with two attached hydrogens (primary N) is 1. The SMILES string of the molecule is NC(=O)c1nnc(CCC(F)Cn2cc(C=O)nn2)s1. The molecular formula is C10H11FN6O2S. The summed E-state index contributed by atoms with van der Waals surface area (Å²) in [6, 6.07) is 0. The van der Waals surface area contributed by atoms with Gasteiger partial charge in [-0.05, 0) is 6.42 Å². The van der Waals surface area contributed by atoms with Crippen molar-refractivity contribution in [3.8, 4) is 0 Å². The summed E-state index contributed by atoms with van der Waals surface area (Å²) in [6.45, 7) is 0.00230. The van der Waals surface area contributed by atoms with Crippen LogP contribution in [-0.2, 0) is 13.0 Å². The molecule has 2 N–H and O–H groups in total. The van der Waals surface area contributed by atoms with Crippen LogP contribution >= 0.6 is 11.3 Å². The van der Waals surface area contributed by atoms with E-state index >= 15 is 0 Å². The zero-order valence-electron chi connectivity index (χ0n) is 10.3. The number of aryl methyl sites for hydroxylation is 1. The number of aldehydes is 1. The van der Waals surface area contributed by atoms with Crippen molar-refractivity contribution in [1.29, 1.82) is 0 Å². The molecule has 0 aliphatic heterocycles. The summed E-state index contributed by atoms with van der Waals surface area (Å²) in [6.07, 6.45) is 1.29. The molecule has 0 bridgehead atoms. The number of halogens is 1. The fourth-order valence-corrected chi connectivity index (χ4v) is 2.19. The number of rotatable bonds is 7. The average molecular weight is 298 g/mol. The van der Waals surface area contributed by atoms with Crippen LogP contribution in [0.2, 0.25) is 0 Å². The Hall–Kier alpha value is -2.23. The first-order valence-corrected chi connectivity index (χ1v) is 6.51. The standard InChI is InChI=1S/C10H11FN6O2S/c11-6(3-17-4-7(5-18)13-16-17)1-2-8-14-15-10(20-8)9(12)19/h4-6H,1-3H2,(H2,12,19). The highest BCUT2D eigenvalue weighted by Gasteiger charge is 2.13. The van der Waals surface area contributed by atoms with Crippen molar-refractivity contribution in [3.63, 3.8) is 0 Å². The summed E-state index contributed by atoms with van der Waals surface area (Å²) in [5.74, 6) is -0.644. The van der Waals surface area contributed by atoms with Crippen LogP contribution in [0.5, 0.6) is 0 Å². The summed E-state index contributed by atoms with van der Waals surface area (Å²) >= 11 is 1.05. The quantitative estimate of drug-likeness (QED) is 0.720. The minimum absolute atomic E-state index is 0.00230. The van der Waals surface area contributed by atoms with Gasteiger partial charge in [-0.1, -0.05) is 16.6 Å². The zero-order valence-corrected chi connectivity index (χ0v) is 11.1. The summed E-state index contributed by atoms with van der Waals surface area (Å²) in [4.78, 5) is 21.2. The van der Waals surface area contributed by atoms with E-state index in [1.165, 1.54) is 10.9 Å². The van der Waals surface area contributed by atoms with Gasteiger partial charge in [-0.25, -0.2) is 9.07 Å². The van der Waals surface area contributed by atoms with Gasteiger partial charge in [0.05, 0.1) is 12.7 Å². The number of carbonyl (C=O) groups excluding carboxylic acids is 2. The Morgan fingerprint density at radius 3 is 2.90 bits per heavy atom. The second-order valence-electron chi connectivity index (χ2n) is 3.98. The molecule has 0 saturated heterocycles. The lowest BCUT2D eigenvalue weighted by atomic mass is 10.2. The minimum Gasteiger partial charge on any atom is -0.363 e. The Morgan fingerprint density at radius 2 is 2.30 bits per heavy atom. The number of primary amides is 1. The first-order chi connectivity index (χ1) is 9.58. The molecule has 2 heterocycles. The van der Waals surface area contributed by atoms with Crippen LogP contribution in [0.25, 0.3) is 0 Å². The third kappa shape index (κ3) is 3.63. The summed E-state index contributed by atoms with van der Waals surface area (Å²) < 4.78 is 15.0. The lowest BCUT2D eigenvalue weighted by Crippen LogP contribution is -2.13. The van der Waals surface area contributed by atoms with Gasteiger partial charge in [0, 0.05) is 6.42 Å². The van der Waals surface area contributed by atoms with Crippen LogP contribution in [-0.4, -0.2) is 43.6 Å². The molecule has 2 aromatic rings. The van der Waals surface area contributed by atoms with Crippen molar-refractivity contribution in [2.24, 2.45) is 5.73 Å². The minimum atomic E-state index is -1.17. The Balaban J connectivity index is 1.83. The smallest absolute Gasteiger partial charge is 0.279 e. The molecule has 0 saturated carbocycles. The Morgan fingerprint density at radius 1 is 1.50 bits per heavy atom. The molecule has 0 fully saturated rings. The van der Waals surface area contributed by atoms with Gasteiger partial charge in [0.1, 0.15) is 16.9 Å². The molecule has 2 aromatic heterocycles. The number of hydrogen-bond acceptors (Lipinski definition) is 7. The van der Waals surface area contributed by atoms with Crippen molar-refractivity contribution >= 4 is 23.5 Å². The van der Waals surface area contributed by atoms with E-state index in [0.717, 1.165) is 11.3 Å². The number of nitrogens with zero attached hydrogens (tertiary/aromatic N) is 5. The average Bonchev–Trinajstić information content (AvgIpc) is 3.05. The fraction of sp³-hybridized carbons (Fsp3) is 0.400. The summed E-state index contributed by atoms with van der Waals surface area (Å²) in [7, 11) is 0. The molecule has 0 aromatic carbocycles. The number of alkyl halides is 1. The maximum absolute atomic E-state index is 13.7. The van der Waals surface area contributed by atoms with Crippen LogP contribution in [0.4, 0.5) is 4.39 Å². The van der Waals surface area contributed by atoms with Gasteiger partial charge < -0.3 is 5.73 Å².